The molecule has 0 radical (unpaired) electrons. The van der Waals surface area contributed by atoms with Crippen molar-refractivity contribution in [2.45, 2.75) is 44.4 Å². The highest BCUT2D eigenvalue weighted by Crippen LogP contribution is 2.31. The number of carbonyl (C=O) groups is 1. The highest BCUT2D eigenvalue weighted by Gasteiger charge is 2.35. The van der Waals surface area contributed by atoms with Crippen molar-refractivity contribution in [3.05, 3.63) is 60.2 Å². The Bertz CT molecular complexity index is 652. The Hall–Kier alpha value is -1.95. The molecule has 1 aliphatic carbocycles. The molecule has 0 amide bonds. The molecule has 1 N–H and O–H groups in total. The number of carboxylic acid groups (broad SMARTS) is 1. The van der Waals surface area contributed by atoms with Gasteiger partial charge in [0.05, 0.1) is 25.9 Å². The minimum Gasteiger partial charge on any atom is -0.481 e. The molecule has 1 heterocycles. The first-order chi connectivity index (χ1) is 13.7. The first-order valence-corrected chi connectivity index (χ1v) is 10.3. The number of nitrogens with zero attached hydrogens (tertiary/aromatic N) is 1. The summed E-state index contributed by atoms with van der Waals surface area (Å²) in [6.07, 6.45) is 11.6. The number of carboxylic acids is 1. The summed E-state index contributed by atoms with van der Waals surface area (Å²) < 4.78 is 11.8. The average molecular weight is 386 g/mol. The number of ether oxygens (including phenoxy) is 2. The lowest BCUT2D eigenvalue weighted by Crippen LogP contribution is -2.46. The van der Waals surface area contributed by atoms with Crippen LogP contribution in [0.5, 0.6) is 0 Å². The molecular weight excluding hydrogens is 354 g/mol. The van der Waals surface area contributed by atoms with Gasteiger partial charge in [-0.3, -0.25) is 9.69 Å². The molecular formula is C23H31NO4. The van der Waals surface area contributed by atoms with Gasteiger partial charge in [0.1, 0.15) is 0 Å². The smallest absolute Gasteiger partial charge is 0.303 e. The molecule has 1 fully saturated rings. The van der Waals surface area contributed by atoms with Gasteiger partial charge in [-0.1, -0.05) is 54.6 Å². The quantitative estimate of drug-likeness (QED) is 0.492. The molecule has 28 heavy (non-hydrogen) atoms. The highest BCUT2D eigenvalue weighted by molar-refractivity contribution is 5.66. The van der Waals surface area contributed by atoms with E-state index in [1.807, 2.05) is 18.2 Å². The number of hydrogen-bond donors (Lipinski definition) is 1. The Balaban J connectivity index is 1.56. The van der Waals surface area contributed by atoms with Crippen molar-refractivity contribution >= 4 is 5.97 Å². The highest BCUT2D eigenvalue weighted by atomic mass is 16.5. The molecule has 0 saturated carbocycles. The van der Waals surface area contributed by atoms with E-state index in [9.17, 15) is 4.79 Å². The van der Waals surface area contributed by atoms with Crippen LogP contribution in [0.25, 0.3) is 0 Å². The number of hydrogen-bond acceptors (Lipinski definition) is 4. The maximum atomic E-state index is 10.6. The van der Waals surface area contributed by atoms with Crippen LogP contribution >= 0.6 is 0 Å². The van der Waals surface area contributed by atoms with Crippen molar-refractivity contribution in [2.75, 3.05) is 26.3 Å². The van der Waals surface area contributed by atoms with Gasteiger partial charge in [0.15, 0.2) is 0 Å². The summed E-state index contributed by atoms with van der Waals surface area (Å²) in [7, 11) is 0. The predicted octanol–water partition coefficient (Wildman–Crippen LogP) is 3.66. The van der Waals surface area contributed by atoms with Crippen LogP contribution in [0.4, 0.5) is 0 Å². The second-order valence-corrected chi connectivity index (χ2v) is 7.44. The van der Waals surface area contributed by atoms with Crippen LogP contribution in [0.3, 0.4) is 0 Å². The lowest BCUT2D eigenvalue weighted by atomic mass is 9.94. The van der Waals surface area contributed by atoms with Crippen LogP contribution in [-0.2, 0) is 20.9 Å². The lowest BCUT2D eigenvalue weighted by Gasteiger charge is -2.36. The monoisotopic (exact) mass is 385 g/mol. The first-order valence-electron chi connectivity index (χ1n) is 10.3. The molecule has 3 rings (SSSR count). The molecule has 1 aromatic rings. The summed E-state index contributed by atoms with van der Waals surface area (Å²) in [5, 5.41) is 8.74. The standard InChI is InChI=1S/C23H31NO4/c25-23(26)11-7-2-1-6-10-20-21(24-14-16-27-17-15-24)12-13-22(20)28-18-19-8-4-3-5-9-19/h1,3-6,8-9,12-13,20-22H,2,7,10-11,14-18H2,(H,25,26)/b6-1-/t20-,21+,22-/m1/s1. The third kappa shape index (κ3) is 6.30. The van der Waals surface area contributed by atoms with Gasteiger partial charge in [0.25, 0.3) is 0 Å². The maximum absolute atomic E-state index is 10.6. The minimum atomic E-state index is -0.727. The average Bonchev–Trinajstić information content (AvgIpc) is 3.13. The SMILES string of the molecule is O=C(O)CCC/C=C\C[C@H]1[C@H](OCc2ccccc2)C=C[C@@H]1N1CCOCC1. The number of morpholine rings is 1. The summed E-state index contributed by atoms with van der Waals surface area (Å²) in [6.45, 7) is 4.11. The molecule has 1 aliphatic heterocycles. The summed E-state index contributed by atoms with van der Waals surface area (Å²) in [4.78, 5) is 13.1. The van der Waals surface area contributed by atoms with Gasteiger partial charge in [-0.25, -0.2) is 0 Å². The molecule has 3 atom stereocenters. The molecule has 5 nitrogen and oxygen atoms in total. The van der Waals surface area contributed by atoms with Gasteiger partial charge in [0, 0.05) is 31.5 Å². The van der Waals surface area contributed by atoms with Crippen molar-refractivity contribution in [1.29, 1.82) is 0 Å². The Morgan fingerprint density at radius 3 is 2.71 bits per heavy atom. The van der Waals surface area contributed by atoms with Gasteiger partial charge in [-0.15, -0.1) is 0 Å². The second-order valence-electron chi connectivity index (χ2n) is 7.44. The van der Waals surface area contributed by atoms with E-state index in [2.05, 4.69) is 41.3 Å². The third-order valence-corrected chi connectivity index (χ3v) is 5.45. The molecule has 0 aromatic heterocycles. The van der Waals surface area contributed by atoms with Crippen LogP contribution in [0.15, 0.2) is 54.6 Å². The fraction of sp³-hybridized carbons (Fsp3) is 0.522. The van der Waals surface area contributed by atoms with E-state index in [4.69, 9.17) is 14.6 Å². The Labute approximate surface area is 167 Å². The summed E-state index contributed by atoms with van der Waals surface area (Å²) in [5.41, 5.74) is 1.19. The minimum absolute atomic E-state index is 0.0942. The Morgan fingerprint density at radius 2 is 1.96 bits per heavy atom. The molecule has 0 unspecified atom stereocenters. The Morgan fingerprint density at radius 1 is 1.18 bits per heavy atom. The van der Waals surface area contributed by atoms with E-state index in [1.165, 1.54) is 5.56 Å². The fourth-order valence-corrected chi connectivity index (χ4v) is 3.93. The van der Waals surface area contributed by atoms with Gasteiger partial charge in [-0.05, 0) is 24.8 Å². The molecule has 2 aliphatic rings. The van der Waals surface area contributed by atoms with Crippen LogP contribution in [-0.4, -0.2) is 54.4 Å². The number of unbranched alkanes of at least 4 members (excludes halogenated alkanes) is 1. The zero-order valence-corrected chi connectivity index (χ0v) is 16.4. The number of aliphatic carboxylic acids is 1. The predicted molar refractivity (Wildman–Crippen MR) is 109 cm³/mol. The normalized spacial score (nSPS) is 25.5. The van der Waals surface area contributed by atoms with Crippen LogP contribution in [0.1, 0.15) is 31.2 Å². The number of benzene rings is 1. The van der Waals surface area contributed by atoms with Crippen molar-refractivity contribution in [2.24, 2.45) is 5.92 Å². The second kappa shape index (κ2) is 11.1. The van der Waals surface area contributed by atoms with Gasteiger partial charge in [-0.2, -0.15) is 0 Å². The molecule has 152 valence electrons. The van der Waals surface area contributed by atoms with E-state index in [0.29, 0.717) is 25.0 Å². The maximum Gasteiger partial charge on any atom is 0.303 e. The van der Waals surface area contributed by atoms with Gasteiger partial charge < -0.3 is 14.6 Å². The summed E-state index contributed by atoms with van der Waals surface area (Å²) in [5.74, 6) is -0.354. The molecule has 0 spiro atoms. The number of allylic oxidation sites excluding steroid dienone is 2. The van der Waals surface area contributed by atoms with Crippen molar-refractivity contribution in [3.63, 3.8) is 0 Å². The van der Waals surface area contributed by atoms with Crippen molar-refractivity contribution in [3.8, 4) is 0 Å². The first kappa shape index (κ1) is 20.8. The number of rotatable bonds is 10. The third-order valence-electron chi connectivity index (χ3n) is 5.45. The molecule has 1 saturated heterocycles. The van der Waals surface area contributed by atoms with Crippen molar-refractivity contribution < 1.29 is 19.4 Å². The van der Waals surface area contributed by atoms with E-state index < -0.39 is 5.97 Å². The van der Waals surface area contributed by atoms with Crippen LogP contribution in [0, 0.1) is 5.92 Å². The molecule has 1 aromatic carbocycles. The van der Waals surface area contributed by atoms with E-state index >= 15 is 0 Å². The van der Waals surface area contributed by atoms with Crippen LogP contribution in [0.2, 0.25) is 0 Å². The molecule has 0 bridgehead atoms. The molecule has 5 heteroatoms. The van der Waals surface area contributed by atoms with Crippen LogP contribution < -0.4 is 0 Å². The van der Waals surface area contributed by atoms with E-state index in [0.717, 1.165) is 39.1 Å². The zero-order valence-electron chi connectivity index (χ0n) is 16.4. The zero-order chi connectivity index (χ0) is 19.6. The van der Waals surface area contributed by atoms with Gasteiger partial charge >= 0.3 is 5.97 Å². The summed E-state index contributed by atoms with van der Waals surface area (Å²) >= 11 is 0. The van der Waals surface area contributed by atoms with Crippen molar-refractivity contribution in [1.82, 2.24) is 4.90 Å². The van der Waals surface area contributed by atoms with E-state index in [-0.39, 0.29) is 12.5 Å². The van der Waals surface area contributed by atoms with Gasteiger partial charge in [0.2, 0.25) is 0 Å². The topological polar surface area (TPSA) is 59.0 Å². The lowest BCUT2D eigenvalue weighted by molar-refractivity contribution is -0.137. The summed E-state index contributed by atoms with van der Waals surface area (Å²) in [6, 6.07) is 10.7. The largest absolute Gasteiger partial charge is 0.481 e. The fourth-order valence-electron chi connectivity index (χ4n) is 3.93. The van der Waals surface area contributed by atoms with E-state index in [1.54, 1.807) is 0 Å². The Kier molecular flexibility index (Phi) is 8.27.